The van der Waals surface area contributed by atoms with Gasteiger partial charge in [0.1, 0.15) is 0 Å². The number of thiazole rings is 1. The van der Waals surface area contributed by atoms with Gasteiger partial charge in [-0.05, 0) is 43.9 Å². The molecule has 1 N–H and O–H groups in total. The molecule has 1 aliphatic heterocycles. The molecule has 2 amide bonds. The Balaban J connectivity index is 1.38. The van der Waals surface area contributed by atoms with Gasteiger partial charge >= 0.3 is 0 Å². The van der Waals surface area contributed by atoms with Crippen LogP contribution in [0.2, 0.25) is 5.02 Å². The lowest BCUT2D eigenvalue weighted by Crippen LogP contribution is -2.48. The molecule has 1 aromatic heterocycles. The molecule has 1 aliphatic carbocycles. The van der Waals surface area contributed by atoms with Crippen LogP contribution in [0, 0.1) is 12.8 Å². The van der Waals surface area contributed by atoms with Crippen molar-refractivity contribution in [2.75, 3.05) is 36.4 Å². The van der Waals surface area contributed by atoms with Gasteiger partial charge < -0.3 is 15.1 Å². The molecule has 1 fully saturated rings. The Morgan fingerprint density at radius 2 is 2.03 bits per heavy atom. The van der Waals surface area contributed by atoms with Crippen LogP contribution in [-0.4, -0.2) is 47.9 Å². The number of halogens is 1. The highest BCUT2D eigenvalue weighted by molar-refractivity contribution is 7.15. The summed E-state index contributed by atoms with van der Waals surface area (Å²) in [6.45, 7) is 7.01. The van der Waals surface area contributed by atoms with Gasteiger partial charge in [-0.15, -0.1) is 11.3 Å². The predicted octanol–water partition coefficient (Wildman–Crippen LogP) is 3.91. The predicted molar refractivity (Wildman–Crippen MR) is 122 cm³/mol. The fourth-order valence-electron chi connectivity index (χ4n) is 4.05. The summed E-state index contributed by atoms with van der Waals surface area (Å²) in [5, 5.41) is 4.58. The number of nitrogens with zero attached hydrogens (tertiary/aromatic N) is 3. The van der Waals surface area contributed by atoms with Crippen molar-refractivity contribution < 1.29 is 9.59 Å². The van der Waals surface area contributed by atoms with Crippen molar-refractivity contribution in [1.82, 2.24) is 9.88 Å². The van der Waals surface area contributed by atoms with Crippen LogP contribution in [-0.2, 0) is 22.4 Å². The van der Waals surface area contributed by atoms with Crippen molar-refractivity contribution >= 4 is 45.6 Å². The summed E-state index contributed by atoms with van der Waals surface area (Å²) in [4.78, 5) is 35.0. The average Bonchev–Trinajstić information content (AvgIpc) is 3.18. The summed E-state index contributed by atoms with van der Waals surface area (Å²) in [5.74, 6) is 0.172. The van der Waals surface area contributed by atoms with Gasteiger partial charge in [-0.25, -0.2) is 4.98 Å². The van der Waals surface area contributed by atoms with Crippen LogP contribution >= 0.6 is 22.9 Å². The number of anilines is 2. The van der Waals surface area contributed by atoms with E-state index in [4.69, 9.17) is 16.6 Å². The molecule has 0 radical (unpaired) electrons. The number of aromatic nitrogens is 1. The Morgan fingerprint density at radius 3 is 2.73 bits per heavy atom. The maximum atomic E-state index is 12.8. The van der Waals surface area contributed by atoms with E-state index in [1.165, 1.54) is 4.88 Å². The zero-order valence-electron chi connectivity index (χ0n) is 17.4. The summed E-state index contributed by atoms with van der Waals surface area (Å²) in [6, 6.07) is 5.67. The van der Waals surface area contributed by atoms with Crippen LogP contribution in [0.1, 0.15) is 35.9 Å². The van der Waals surface area contributed by atoms with Crippen molar-refractivity contribution in [3.8, 4) is 0 Å². The largest absolute Gasteiger partial charge is 0.345 e. The van der Waals surface area contributed by atoms with Gasteiger partial charge in [0.15, 0.2) is 5.13 Å². The Kier molecular flexibility index (Phi) is 6.29. The van der Waals surface area contributed by atoms with Crippen LogP contribution < -0.4 is 10.2 Å². The maximum absolute atomic E-state index is 12.8. The smallest absolute Gasteiger partial charge is 0.227 e. The minimum absolute atomic E-state index is 0.0213. The van der Waals surface area contributed by atoms with E-state index in [0.29, 0.717) is 17.1 Å². The number of hydrogen-bond donors (Lipinski definition) is 1. The van der Waals surface area contributed by atoms with Gasteiger partial charge in [-0.3, -0.25) is 9.59 Å². The normalized spacial score (nSPS) is 18.8. The maximum Gasteiger partial charge on any atom is 0.227 e. The fourth-order valence-corrected chi connectivity index (χ4v) is 5.57. The van der Waals surface area contributed by atoms with Gasteiger partial charge in [0.2, 0.25) is 11.8 Å². The lowest BCUT2D eigenvalue weighted by atomic mass is 9.90. The highest BCUT2D eigenvalue weighted by atomic mass is 35.5. The Bertz CT molecular complexity index is 953. The molecule has 30 heavy (non-hydrogen) atoms. The second-order valence-corrected chi connectivity index (χ2v) is 9.47. The third kappa shape index (κ3) is 4.47. The van der Waals surface area contributed by atoms with E-state index in [9.17, 15) is 9.59 Å². The second kappa shape index (κ2) is 8.94. The third-order valence-electron chi connectivity index (χ3n) is 5.89. The highest BCUT2D eigenvalue weighted by Gasteiger charge is 2.30. The van der Waals surface area contributed by atoms with Crippen molar-refractivity contribution in [2.45, 2.75) is 39.5 Å². The van der Waals surface area contributed by atoms with Gasteiger partial charge in [-0.1, -0.05) is 24.6 Å². The summed E-state index contributed by atoms with van der Waals surface area (Å²) in [5.41, 5.74) is 2.86. The van der Waals surface area contributed by atoms with Crippen LogP contribution in [0.25, 0.3) is 0 Å². The molecule has 2 aromatic rings. The zero-order chi connectivity index (χ0) is 21.3. The molecule has 1 saturated heterocycles. The minimum Gasteiger partial charge on any atom is -0.345 e. The molecule has 4 rings (SSSR count). The van der Waals surface area contributed by atoms with E-state index >= 15 is 0 Å². The van der Waals surface area contributed by atoms with Crippen LogP contribution in [0.5, 0.6) is 0 Å². The number of benzene rings is 1. The van der Waals surface area contributed by atoms with Crippen molar-refractivity contribution in [1.29, 1.82) is 0 Å². The minimum atomic E-state index is -0.0674. The SMILES string of the molecule is CCC(=O)N1CCN(c2nc3c(s2)C[C@@H](C(=O)Nc2ccc(C)cc2Cl)CC3)CC1. The molecular formula is C22H27ClN4O2S. The van der Waals surface area contributed by atoms with E-state index < -0.39 is 0 Å². The zero-order valence-corrected chi connectivity index (χ0v) is 19.0. The average molecular weight is 447 g/mol. The van der Waals surface area contributed by atoms with Gasteiger partial charge in [-0.2, -0.15) is 0 Å². The van der Waals surface area contributed by atoms with E-state index in [0.717, 1.165) is 61.8 Å². The van der Waals surface area contributed by atoms with Crippen molar-refractivity contribution in [2.24, 2.45) is 5.92 Å². The molecule has 0 spiro atoms. The lowest BCUT2D eigenvalue weighted by Gasteiger charge is -2.34. The van der Waals surface area contributed by atoms with E-state index in [1.807, 2.05) is 36.9 Å². The first-order valence-corrected chi connectivity index (χ1v) is 11.7. The Labute approximate surface area is 186 Å². The number of nitrogens with one attached hydrogen (secondary N) is 1. The molecule has 0 saturated carbocycles. The summed E-state index contributed by atoms with van der Waals surface area (Å²) in [7, 11) is 0. The number of piperazine rings is 1. The van der Waals surface area contributed by atoms with Crippen LogP contribution in [0.4, 0.5) is 10.8 Å². The van der Waals surface area contributed by atoms with E-state index in [1.54, 1.807) is 11.3 Å². The molecular weight excluding hydrogens is 420 g/mol. The summed E-state index contributed by atoms with van der Waals surface area (Å²) >= 11 is 7.96. The van der Waals surface area contributed by atoms with Gasteiger partial charge in [0.25, 0.3) is 0 Å². The van der Waals surface area contributed by atoms with E-state index in [-0.39, 0.29) is 17.7 Å². The quantitative estimate of drug-likeness (QED) is 0.773. The Hall–Kier alpha value is -2.12. The monoisotopic (exact) mass is 446 g/mol. The number of fused-ring (bicyclic) bond motifs is 1. The first-order chi connectivity index (χ1) is 14.4. The number of carbonyl (C=O) groups excluding carboxylic acids is 2. The fraction of sp³-hybridized carbons (Fsp3) is 0.500. The first-order valence-electron chi connectivity index (χ1n) is 10.5. The molecule has 0 bridgehead atoms. The van der Waals surface area contributed by atoms with Crippen molar-refractivity contribution in [3.63, 3.8) is 0 Å². The van der Waals surface area contributed by atoms with Crippen molar-refractivity contribution in [3.05, 3.63) is 39.4 Å². The number of amides is 2. The molecule has 6 nitrogen and oxygen atoms in total. The molecule has 2 heterocycles. The standard InChI is InChI=1S/C22H27ClN4O2S/c1-3-20(28)26-8-10-27(11-9-26)22-25-18-7-5-15(13-19(18)30-22)21(29)24-17-6-4-14(2)12-16(17)23/h4,6,12,15H,3,5,7-11,13H2,1-2H3,(H,24,29)/t15-/m0/s1. The summed E-state index contributed by atoms with van der Waals surface area (Å²) < 4.78 is 0. The number of hydrogen-bond acceptors (Lipinski definition) is 5. The Morgan fingerprint density at radius 1 is 1.27 bits per heavy atom. The van der Waals surface area contributed by atoms with Crippen LogP contribution in [0.3, 0.4) is 0 Å². The number of carbonyl (C=O) groups is 2. The molecule has 1 aromatic carbocycles. The van der Waals surface area contributed by atoms with Gasteiger partial charge in [0.05, 0.1) is 16.4 Å². The van der Waals surface area contributed by atoms with Gasteiger partial charge in [0, 0.05) is 43.4 Å². The molecule has 160 valence electrons. The molecule has 8 heteroatoms. The van der Waals surface area contributed by atoms with Crippen LogP contribution in [0.15, 0.2) is 18.2 Å². The topological polar surface area (TPSA) is 65.5 Å². The molecule has 2 aliphatic rings. The van der Waals surface area contributed by atoms with E-state index in [2.05, 4.69) is 10.2 Å². The number of rotatable bonds is 4. The first kappa shape index (κ1) is 21.1. The third-order valence-corrected chi connectivity index (χ3v) is 7.38. The molecule has 0 unspecified atom stereocenters. The second-order valence-electron chi connectivity index (χ2n) is 8.00. The molecule has 1 atom stereocenters. The highest BCUT2D eigenvalue weighted by Crippen LogP contribution is 2.35. The summed E-state index contributed by atoms with van der Waals surface area (Å²) in [6.07, 6.45) is 2.89. The number of aryl methyl sites for hydroxylation is 2. The lowest BCUT2D eigenvalue weighted by molar-refractivity contribution is -0.131.